The van der Waals surface area contributed by atoms with Crippen molar-refractivity contribution >= 4 is 45.6 Å². The molecule has 1 aliphatic rings. The summed E-state index contributed by atoms with van der Waals surface area (Å²) in [5.41, 5.74) is 5.19. The van der Waals surface area contributed by atoms with Gasteiger partial charge in [-0.2, -0.15) is 0 Å². The fourth-order valence-corrected chi connectivity index (χ4v) is 5.29. The first-order chi connectivity index (χ1) is 15.0. The highest BCUT2D eigenvalue weighted by Gasteiger charge is 2.35. The Labute approximate surface area is 192 Å². The summed E-state index contributed by atoms with van der Waals surface area (Å²) in [5, 5.41) is 3.45. The Morgan fingerprint density at radius 3 is 2.32 bits per heavy atom. The van der Waals surface area contributed by atoms with Crippen molar-refractivity contribution in [1.82, 2.24) is 0 Å². The average Bonchev–Trinajstić information content (AvgIpc) is 2.76. The molecule has 5 rings (SSSR count). The standard InChI is InChI=1S/C27H21Cl2NO/c1-17-7-2-3-9-19(17)16-30-24-14-13-18-8-4-5-10-20(18)26(24)21(15-25(30)31)27-22(28)11-6-12-23(27)29/h2-14,21H,15-16H2,1H3. The van der Waals surface area contributed by atoms with Gasteiger partial charge in [-0.05, 0) is 58.1 Å². The van der Waals surface area contributed by atoms with Gasteiger partial charge in [0.1, 0.15) is 0 Å². The molecule has 0 fully saturated rings. The Kier molecular flexibility index (Phi) is 5.21. The maximum Gasteiger partial charge on any atom is 0.228 e. The smallest absolute Gasteiger partial charge is 0.228 e. The lowest BCUT2D eigenvalue weighted by molar-refractivity contribution is -0.119. The number of hydrogen-bond acceptors (Lipinski definition) is 1. The molecule has 0 bridgehead atoms. The van der Waals surface area contributed by atoms with Crippen molar-refractivity contribution in [1.29, 1.82) is 0 Å². The van der Waals surface area contributed by atoms with Crippen LogP contribution in [0.5, 0.6) is 0 Å². The summed E-state index contributed by atoms with van der Waals surface area (Å²) in [7, 11) is 0. The van der Waals surface area contributed by atoms with Crippen molar-refractivity contribution < 1.29 is 4.79 Å². The van der Waals surface area contributed by atoms with Crippen LogP contribution in [0.2, 0.25) is 10.0 Å². The van der Waals surface area contributed by atoms with E-state index in [2.05, 4.69) is 43.3 Å². The molecule has 4 heteroatoms. The molecule has 0 saturated heterocycles. The maximum atomic E-state index is 13.5. The predicted molar refractivity (Wildman–Crippen MR) is 129 cm³/mol. The van der Waals surface area contributed by atoms with Gasteiger partial charge in [-0.1, -0.05) is 83.9 Å². The molecule has 0 aromatic heterocycles. The van der Waals surface area contributed by atoms with Crippen LogP contribution >= 0.6 is 23.2 Å². The quantitative estimate of drug-likeness (QED) is 0.319. The van der Waals surface area contributed by atoms with Crippen LogP contribution in [0.15, 0.2) is 78.9 Å². The molecular formula is C27H21Cl2NO. The van der Waals surface area contributed by atoms with Crippen LogP contribution in [0.1, 0.15) is 34.6 Å². The van der Waals surface area contributed by atoms with E-state index in [1.807, 2.05) is 47.4 Å². The van der Waals surface area contributed by atoms with Crippen molar-refractivity contribution in [3.8, 4) is 0 Å². The number of amides is 1. The van der Waals surface area contributed by atoms with Gasteiger partial charge in [0.25, 0.3) is 0 Å². The van der Waals surface area contributed by atoms with Crippen LogP contribution in [0.4, 0.5) is 5.69 Å². The minimum atomic E-state index is -0.192. The summed E-state index contributed by atoms with van der Waals surface area (Å²) in [6.45, 7) is 2.62. The molecule has 0 spiro atoms. The van der Waals surface area contributed by atoms with Crippen molar-refractivity contribution in [2.24, 2.45) is 0 Å². The minimum absolute atomic E-state index is 0.0759. The molecule has 154 valence electrons. The molecule has 0 radical (unpaired) electrons. The van der Waals surface area contributed by atoms with E-state index in [9.17, 15) is 4.79 Å². The third kappa shape index (κ3) is 3.50. The highest BCUT2D eigenvalue weighted by atomic mass is 35.5. The monoisotopic (exact) mass is 445 g/mol. The largest absolute Gasteiger partial charge is 0.308 e. The second-order valence-corrected chi connectivity index (χ2v) is 8.83. The Hall–Kier alpha value is -2.81. The van der Waals surface area contributed by atoms with Gasteiger partial charge in [-0.25, -0.2) is 0 Å². The van der Waals surface area contributed by atoms with Gasteiger partial charge in [0, 0.05) is 28.1 Å². The lowest BCUT2D eigenvalue weighted by Crippen LogP contribution is -2.37. The van der Waals surface area contributed by atoms with E-state index in [0.717, 1.165) is 33.2 Å². The van der Waals surface area contributed by atoms with Gasteiger partial charge in [0.15, 0.2) is 0 Å². The number of rotatable bonds is 3. The number of carbonyl (C=O) groups excluding carboxylic acids is 1. The molecule has 4 aromatic rings. The number of aryl methyl sites for hydroxylation is 1. The lowest BCUT2D eigenvalue weighted by Gasteiger charge is -2.36. The van der Waals surface area contributed by atoms with E-state index in [4.69, 9.17) is 23.2 Å². The normalized spacial score (nSPS) is 15.9. The number of benzene rings is 4. The molecule has 1 unspecified atom stereocenters. The van der Waals surface area contributed by atoms with Crippen molar-refractivity contribution in [3.05, 3.63) is 111 Å². The summed E-state index contributed by atoms with van der Waals surface area (Å²) in [5.74, 6) is -0.116. The van der Waals surface area contributed by atoms with Crippen molar-refractivity contribution in [2.45, 2.75) is 25.8 Å². The zero-order valence-electron chi connectivity index (χ0n) is 17.1. The minimum Gasteiger partial charge on any atom is -0.308 e. The van der Waals surface area contributed by atoms with Crippen LogP contribution in [0, 0.1) is 6.92 Å². The number of hydrogen-bond donors (Lipinski definition) is 0. The average molecular weight is 446 g/mol. The van der Waals surface area contributed by atoms with Crippen LogP contribution < -0.4 is 4.90 Å². The van der Waals surface area contributed by atoms with Crippen molar-refractivity contribution in [2.75, 3.05) is 4.90 Å². The number of carbonyl (C=O) groups is 1. The van der Waals surface area contributed by atoms with Crippen LogP contribution in [-0.2, 0) is 11.3 Å². The number of anilines is 1. The summed E-state index contributed by atoms with van der Waals surface area (Å²) in [6, 6.07) is 26.2. The maximum absolute atomic E-state index is 13.5. The topological polar surface area (TPSA) is 20.3 Å². The predicted octanol–water partition coefficient (Wildman–Crippen LogP) is 7.52. The Morgan fingerprint density at radius 2 is 1.55 bits per heavy atom. The highest BCUT2D eigenvalue weighted by molar-refractivity contribution is 6.36. The van der Waals surface area contributed by atoms with E-state index in [0.29, 0.717) is 23.0 Å². The first kappa shape index (κ1) is 20.1. The molecule has 31 heavy (non-hydrogen) atoms. The first-order valence-corrected chi connectivity index (χ1v) is 11.1. The van der Waals surface area contributed by atoms with E-state index in [1.54, 1.807) is 0 Å². The second kappa shape index (κ2) is 8.03. The molecular weight excluding hydrogens is 425 g/mol. The van der Waals surface area contributed by atoms with E-state index in [1.165, 1.54) is 5.56 Å². The SMILES string of the molecule is Cc1ccccc1CN1C(=O)CC(c2c(Cl)cccc2Cl)c2c1ccc1ccccc21. The third-order valence-electron chi connectivity index (χ3n) is 6.20. The Morgan fingerprint density at radius 1 is 0.839 bits per heavy atom. The zero-order valence-corrected chi connectivity index (χ0v) is 18.6. The molecule has 1 amide bonds. The van der Waals surface area contributed by atoms with Gasteiger partial charge in [-0.3, -0.25) is 4.79 Å². The van der Waals surface area contributed by atoms with Gasteiger partial charge in [-0.15, -0.1) is 0 Å². The molecule has 0 aliphatic carbocycles. The van der Waals surface area contributed by atoms with E-state index >= 15 is 0 Å². The van der Waals surface area contributed by atoms with Crippen LogP contribution in [0.3, 0.4) is 0 Å². The lowest BCUT2D eigenvalue weighted by atomic mass is 9.81. The molecule has 2 nitrogen and oxygen atoms in total. The van der Waals surface area contributed by atoms with Gasteiger partial charge in [0.05, 0.1) is 6.54 Å². The Balaban J connectivity index is 1.73. The molecule has 0 saturated carbocycles. The van der Waals surface area contributed by atoms with E-state index in [-0.39, 0.29) is 11.8 Å². The summed E-state index contributed by atoms with van der Waals surface area (Å²) >= 11 is 13.2. The van der Waals surface area contributed by atoms with Gasteiger partial charge >= 0.3 is 0 Å². The van der Waals surface area contributed by atoms with Gasteiger partial charge in [0.2, 0.25) is 5.91 Å². The van der Waals surface area contributed by atoms with Crippen molar-refractivity contribution in [3.63, 3.8) is 0 Å². The molecule has 1 heterocycles. The second-order valence-electron chi connectivity index (χ2n) is 8.02. The summed E-state index contributed by atoms with van der Waals surface area (Å²) in [6.07, 6.45) is 0.330. The van der Waals surface area contributed by atoms with Crippen LogP contribution in [-0.4, -0.2) is 5.91 Å². The molecule has 1 atom stereocenters. The number of halogens is 2. The first-order valence-electron chi connectivity index (χ1n) is 10.3. The number of nitrogens with zero attached hydrogens (tertiary/aromatic N) is 1. The number of fused-ring (bicyclic) bond motifs is 3. The Bertz CT molecular complexity index is 1290. The fraction of sp³-hybridized carbons (Fsp3) is 0.148. The van der Waals surface area contributed by atoms with Gasteiger partial charge < -0.3 is 4.90 Å². The zero-order chi connectivity index (χ0) is 21.5. The summed E-state index contributed by atoms with van der Waals surface area (Å²) < 4.78 is 0. The molecule has 0 N–H and O–H groups in total. The molecule has 1 aliphatic heterocycles. The fourth-order valence-electron chi connectivity index (χ4n) is 4.63. The van der Waals surface area contributed by atoms with E-state index < -0.39 is 0 Å². The highest BCUT2D eigenvalue weighted by Crippen LogP contribution is 2.47. The van der Waals surface area contributed by atoms with Crippen LogP contribution in [0.25, 0.3) is 10.8 Å². The molecule has 4 aromatic carbocycles. The summed E-state index contributed by atoms with van der Waals surface area (Å²) in [4.78, 5) is 15.4. The third-order valence-corrected chi connectivity index (χ3v) is 6.86.